The summed E-state index contributed by atoms with van der Waals surface area (Å²) in [7, 11) is 1.61. The first-order valence-electron chi connectivity index (χ1n) is 6.20. The Morgan fingerprint density at radius 2 is 2.11 bits per heavy atom. The lowest BCUT2D eigenvalue weighted by Gasteiger charge is -2.07. The van der Waals surface area contributed by atoms with Crippen molar-refractivity contribution in [2.24, 2.45) is 0 Å². The van der Waals surface area contributed by atoms with E-state index >= 15 is 0 Å². The number of ether oxygens (including phenoxy) is 1. The summed E-state index contributed by atoms with van der Waals surface area (Å²) in [4.78, 5) is 14.8. The van der Waals surface area contributed by atoms with Crippen LogP contribution in [-0.2, 0) is 6.42 Å². The molecule has 1 aromatic heterocycles. The number of methoxy groups -OCH3 is 1. The Balaban J connectivity index is 2.38. The van der Waals surface area contributed by atoms with E-state index < -0.39 is 0 Å². The number of aryl methyl sites for hydroxylation is 1. The van der Waals surface area contributed by atoms with Crippen molar-refractivity contribution in [3.63, 3.8) is 0 Å². The van der Waals surface area contributed by atoms with Crippen LogP contribution in [0.3, 0.4) is 0 Å². The number of unbranched alkanes of at least 4 members (excludes halogenated alkanes) is 1. The van der Waals surface area contributed by atoms with E-state index in [-0.39, 0.29) is 5.69 Å². The van der Waals surface area contributed by atoms with E-state index in [2.05, 4.69) is 11.9 Å². The molecule has 2 aromatic rings. The summed E-state index contributed by atoms with van der Waals surface area (Å²) in [5, 5.41) is 0. The zero-order valence-electron chi connectivity index (χ0n) is 10.8. The molecule has 0 fully saturated rings. The highest BCUT2D eigenvalue weighted by Crippen LogP contribution is 2.20. The maximum absolute atomic E-state index is 11.9. The number of aromatic nitrogens is 2. The van der Waals surface area contributed by atoms with Gasteiger partial charge in [0, 0.05) is 11.9 Å². The van der Waals surface area contributed by atoms with Gasteiger partial charge in [0.25, 0.3) is 0 Å². The van der Waals surface area contributed by atoms with Crippen LogP contribution in [0.1, 0.15) is 25.5 Å². The minimum Gasteiger partial charge on any atom is -0.495 e. The van der Waals surface area contributed by atoms with Gasteiger partial charge in [0.15, 0.2) is 0 Å². The number of hydrogen-bond acceptors (Lipinski definition) is 2. The van der Waals surface area contributed by atoms with Gasteiger partial charge in [0.1, 0.15) is 5.75 Å². The van der Waals surface area contributed by atoms with Gasteiger partial charge in [-0.05, 0) is 25.0 Å². The Bertz CT molecular complexity index is 569. The Morgan fingerprint density at radius 3 is 2.83 bits per heavy atom. The van der Waals surface area contributed by atoms with Gasteiger partial charge in [0.2, 0.25) is 0 Å². The van der Waals surface area contributed by atoms with Crippen LogP contribution in [0.15, 0.2) is 35.3 Å². The van der Waals surface area contributed by atoms with Gasteiger partial charge in [0.05, 0.1) is 12.8 Å². The molecule has 4 heteroatoms. The Labute approximate surface area is 106 Å². The zero-order chi connectivity index (χ0) is 13.0. The van der Waals surface area contributed by atoms with Crippen molar-refractivity contribution >= 4 is 0 Å². The van der Waals surface area contributed by atoms with Gasteiger partial charge in [-0.2, -0.15) is 0 Å². The fraction of sp³-hybridized carbons (Fsp3) is 0.357. The molecule has 0 radical (unpaired) electrons. The first kappa shape index (κ1) is 12.5. The molecular weight excluding hydrogens is 228 g/mol. The largest absolute Gasteiger partial charge is 0.495 e. The molecule has 0 aliphatic carbocycles. The van der Waals surface area contributed by atoms with Crippen LogP contribution in [0.2, 0.25) is 0 Å². The Hall–Kier alpha value is -1.97. The molecular formula is C14H18N2O2. The lowest BCUT2D eigenvalue weighted by atomic mass is 10.2. The molecule has 2 rings (SSSR count). The Kier molecular flexibility index (Phi) is 3.87. The molecule has 0 atom stereocenters. The molecule has 96 valence electrons. The maximum atomic E-state index is 11.9. The average Bonchev–Trinajstić information content (AvgIpc) is 2.77. The number of H-pyrrole nitrogens is 1. The summed E-state index contributed by atoms with van der Waals surface area (Å²) in [5.41, 5.74) is 1.61. The minimum absolute atomic E-state index is 0.120. The van der Waals surface area contributed by atoms with Crippen LogP contribution in [0.25, 0.3) is 5.69 Å². The monoisotopic (exact) mass is 246 g/mol. The zero-order valence-corrected chi connectivity index (χ0v) is 10.8. The molecule has 1 heterocycles. The third kappa shape index (κ3) is 2.47. The number of nitrogens with one attached hydrogen (secondary N) is 1. The number of benzene rings is 1. The highest BCUT2D eigenvalue weighted by atomic mass is 16.5. The van der Waals surface area contributed by atoms with Crippen molar-refractivity contribution in [3.05, 3.63) is 46.6 Å². The minimum atomic E-state index is -0.120. The van der Waals surface area contributed by atoms with Crippen LogP contribution < -0.4 is 10.4 Å². The van der Waals surface area contributed by atoms with Crippen LogP contribution in [-0.4, -0.2) is 16.7 Å². The highest BCUT2D eigenvalue weighted by Gasteiger charge is 2.08. The third-order valence-corrected chi connectivity index (χ3v) is 2.92. The molecule has 0 amide bonds. The molecule has 0 saturated carbocycles. The second-order valence-corrected chi connectivity index (χ2v) is 4.23. The smallest absolute Gasteiger partial charge is 0.330 e. The Morgan fingerprint density at radius 1 is 1.33 bits per heavy atom. The first-order valence-corrected chi connectivity index (χ1v) is 6.20. The lowest BCUT2D eigenvalue weighted by Crippen LogP contribution is -2.14. The highest BCUT2D eigenvalue weighted by molar-refractivity contribution is 5.46. The fourth-order valence-electron chi connectivity index (χ4n) is 1.95. The van der Waals surface area contributed by atoms with Crippen molar-refractivity contribution in [1.82, 2.24) is 9.55 Å². The van der Waals surface area contributed by atoms with E-state index in [1.807, 2.05) is 30.5 Å². The van der Waals surface area contributed by atoms with Crippen LogP contribution in [0.4, 0.5) is 0 Å². The molecule has 0 unspecified atom stereocenters. The second-order valence-electron chi connectivity index (χ2n) is 4.23. The van der Waals surface area contributed by atoms with Gasteiger partial charge in [-0.15, -0.1) is 0 Å². The molecule has 1 aromatic carbocycles. The molecule has 0 aliphatic heterocycles. The third-order valence-electron chi connectivity index (χ3n) is 2.92. The van der Waals surface area contributed by atoms with Gasteiger partial charge >= 0.3 is 5.69 Å². The average molecular weight is 246 g/mol. The SMILES string of the molecule is CCCCc1cn(-c2ccccc2OC)c(=O)[nH]1. The number of hydrogen-bond donors (Lipinski definition) is 1. The normalized spacial score (nSPS) is 10.6. The number of aromatic amines is 1. The summed E-state index contributed by atoms with van der Waals surface area (Å²) in [6, 6.07) is 7.50. The van der Waals surface area contributed by atoms with Crippen molar-refractivity contribution in [2.75, 3.05) is 7.11 Å². The van der Waals surface area contributed by atoms with Gasteiger partial charge in [-0.3, -0.25) is 4.57 Å². The fourth-order valence-corrected chi connectivity index (χ4v) is 1.95. The number of rotatable bonds is 5. The van der Waals surface area contributed by atoms with Gasteiger partial charge in [-0.25, -0.2) is 4.79 Å². The summed E-state index contributed by atoms with van der Waals surface area (Å²) < 4.78 is 6.87. The molecule has 4 nitrogen and oxygen atoms in total. The van der Waals surface area contributed by atoms with Crippen LogP contribution in [0.5, 0.6) is 5.75 Å². The van der Waals surface area contributed by atoms with E-state index in [4.69, 9.17) is 4.74 Å². The van der Waals surface area contributed by atoms with E-state index in [0.717, 1.165) is 30.6 Å². The van der Waals surface area contributed by atoms with E-state index in [9.17, 15) is 4.79 Å². The molecule has 0 saturated heterocycles. The van der Waals surface area contributed by atoms with Gasteiger partial charge in [-0.1, -0.05) is 25.5 Å². The van der Waals surface area contributed by atoms with Crippen molar-refractivity contribution in [2.45, 2.75) is 26.2 Å². The number of imidazole rings is 1. The topological polar surface area (TPSA) is 47.0 Å². The van der Waals surface area contributed by atoms with E-state index in [0.29, 0.717) is 5.75 Å². The molecule has 18 heavy (non-hydrogen) atoms. The van der Waals surface area contributed by atoms with Crippen LogP contribution >= 0.6 is 0 Å². The summed E-state index contributed by atoms with van der Waals surface area (Å²) in [6.45, 7) is 2.13. The number of para-hydroxylation sites is 2. The second kappa shape index (κ2) is 5.58. The van der Waals surface area contributed by atoms with Crippen molar-refractivity contribution in [1.29, 1.82) is 0 Å². The van der Waals surface area contributed by atoms with Gasteiger partial charge < -0.3 is 9.72 Å². The summed E-state index contributed by atoms with van der Waals surface area (Å²) in [6.07, 6.45) is 4.94. The standard InChI is InChI=1S/C14H18N2O2/c1-3-4-7-11-10-16(14(17)15-11)12-8-5-6-9-13(12)18-2/h5-6,8-10H,3-4,7H2,1-2H3,(H,15,17). The van der Waals surface area contributed by atoms with Crippen molar-refractivity contribution in [3.8, 4) is 11.4 Å². The maximum Gasteiger partial charge on any atom is 0.330 e. The quantitative estimate of drug-likeness (QED) is 0.881. The number of nitrogens with zero attached hydrogens (tertiary/aromatic N) is 1. The van der Waals surface area contributed by atoms with Crippen LogP contribution in [0, 0.1) is 0 Å². The molecule has 0 spiro atoms. The van der Waals surface area contributed by atoms with Crippen molar-refractivity contribution < 1.29 is 4.74 Å². The molecule has 0 bridgehead atoms. The predicted octanol–water partition coefficient (Wildman–Crippen LogP) is 2.52. The summed E-state index contributed by atoms with van der Waals surface area (Å²) >= 11 is 0. The predicted molar refractivity (Wildman–Crippen MR) is 71.6 cm³/mol. The van der Waals surface area contributed by atoms with E-state index in [1.54, 1.807) is 11.7 Å². The molecule has 0 aliphatic rings. The first-order chi connectivity index (χ1) is 8.76. The van der Waals surface area contributed by atoms with E-state index in [1.165, 1.54) is 0 Å². The molecule has 1 N–H and O–H groups in total. The summed E-state index contributed by atoms with van der Waals surface area (Å²) in [5.74, 6) is 0.695. The lowest BCUT2D eigenvalue weighted by molar-refractivity contribution is 0.412.